The Morgan fingerprint density at radius 2 is 2.17 bits per heavy atom. The lowest BCUT2D eigenvalue weighted by atomic mass is 10.3. The predicted octanol–water partition coefficient (Wildman–Crippen LogP) is 0.923. The second-order valence-corrected chi connectivity index (χ2v) is 2.00. The number of hydrogen-bond donors (Lipinski definition) is 1. The smallest absolute Gasteiger partial charge is 0.311 e. The van der Waals surface area contributed by atoms with Crippen molar-refractivity contribution in [3.05, 3.63) is 34.4 Å². The minimum atomic E-state index is -0.565. The Labute approximate surface area is 68.4 Å². The van der Waals surface area contributed by atoms with Gasteiger partial charge in [0, 0.05) is 6.07 Å². The van der Waals surface area contributed by atoms with E-state index < -0.39 is 11.7 Å². The third-order valence-corrected chi connectivity index (χ3v) is 1.28. The van der Waals surface area contributed by atoms with Crippen molar-refractivity contribution in [2.45, 2.75) is 0 Å². The van der Waals surface area contributed by atoms with Crippen LogP contribution in [0.2, 0.25) is 0 Å². The molecule has 1 aromatic carbocycles. The molecule has 0 amide bonds. The monoisotopic (exact) mass is 169 g/mol. The molecule has 1 aromatic rings. The average molecular weight is 169 g/mol. The predicted molar refractivity (Wildman–Crippen MR) is 40.8 cm³/mol. The van der Waals surface area contributed by atoms with Crippen LogP contribution in [-0.4, -0.2) is 16.8 Å². The van der Waals surface area contributed by atoms with E-state index in [0.717, 1.165) is 0 Å². The second-order valence-electron chi connectivity index (χ2n) is 2.00. The maximum atomic E-state index is 10.3. The summed E-state index contributed by atoms with van der Waals surface area (Å²) < 4.78 is 4.61. The third-order valence-electron chi connectivity index (χ3n) is 1.28. The van der Waals surface area contributed by atoms with Crippen molar-refractivity contribution in [1.29, 1.82) is 0 Å². The zero-order valence-electron chi connectivity index (χ0n) is 6.14. The van der Waals surface area contributed by atoms with Gasteiger partial charge in [-0.3, -0.25) is 10.1 Å². The van der Waals surface area contributed by atoms with Crippen molar-refractivity contribution in [2.75, 3.05) is 6.79 Å². The molecule has 12 heavy (non-hydrogen) atoms. The van der Waals surface area contributed by atoms with Crippen LogP contribution in [0.1, 0.15) is 0 Å². The van der Waals surface area contributed by atoms with Crippen molar-refractivity contribution in [1.82, 2.24) is 0 Å². The largest absolute Gasteiger partial charge is 0.461 e. The van der Waals surface area contributed by atoms with E-state index in [4.69, 9.17) is 5.11 Å². The minimum absolute atomic E-state index is 0.0741. The van der Waals surface area contributed by atoms with Crippen molar-refractivity contribution in [2.24, 2.45) is 0 Å². The van der Waals surface area contributed by atoms with Crippen LogP contribution in [0.25, 0.3) is 0 Å². The Morgan fingerprint density at radius 3 is 2.75 bits per heavy atom. The normalized spacial score (nSPS) is 9.42. The average Bonchev–Trinajstić information content (AvgIpc) is 2.05. The Bertz CT molecular complexity index is 286. The zero-order chi connectivity index (χ0) is 8.97. The van der Waals surface area contributed by atoms with Gasteiger partial charge in [0.1, 0.15) is 0 Å². The zero-order valence-corrected chi connectivity index (χ0v) is 6.14. The molecule has 0 aliphatic rings. The minimum Gasteiger partial charge on any atom is -0.461 e. The summed E-state index contributed by atoms with van der Waals surface area (Å²) in [4.78, 5) is 9.78. The molecule has 0 radical (unpaired) electrons. The number of aliphatic hydroxyl groups is 1. The fraction of sp³-hybridized carbons (Fsp3) is 0.143. The fourth-order valence-electron chi connectivity index (χ4n) is 0.800. The van der Waals surface area contributed by atoms with E-state index in [-0.39, 0.29) is 11.4 Å². The van der Waals surface area contributed by atoms with E-state index in [0.29, 0.717) is 0 Å². The molecular weight excluding hydrogens is 162 g/mol. The first kappa shape index (κ1) is 8.48. The molecule has 0 bridgehead atoms. The summed E-state index contributed by atoms with van der Waals surface area (Å²) in [6, 6.07) is 5.86. The number of ether oxygens (including phenoxy) is 1. The number of hydrogen-bond acceptors (Lipinski definition) is 4. The van der Waals surface area contributed by atoms with Crippen LogP contribution in [0.3, 0.4) is 0 Å². The van der Waals surface area contributed by atoms with Gasteiger partial charge in [-0.25, -0.2) is 0 Å². The quantitative estimate of drug-likeness (QED) is 0.415. The summed E-state index contributed by atoms with van der Waals surface area (Å²) in [6.45, 7) is -0.565. The topological polar surface area (TPSA) is 72.6 Å². The maximum absolute atomic E-state index is 10.3. The van der Waals surface area contributed by atoms with Gasteiger partial charge in [-0.2, -0.15) is 0 Å². The lowest BCUT2D eigenvalue weighted by Crippen LogP contribution is -1.98. The van der Waals surface area contributed by atoms with E-state index in [1.54, 1.807) is 6.07 Å². The molecule has 5 nitrogen and oxygen atoms in total. The molecule has 0 saturated carbocycles. The van der Waals surface area contributed by atoms with Crippen LogP contribution in [0.4, 0.5) is 5.69 Å². The van der Waals surface area contributed by atoms with Gasteiger partial charge in [-0.1, -0.05) is 12.1 Å². The molecular formula is C7H7NO4. The summed E-state index contributed by atoms with van der Waals surface area (Å²) in [6.07, 6.45) is 0. The van der Waals surface area contributed by atoms with Crippen LogP contribution < -0.4 is 4.74 Å². The van der Waals surface area contributed by atoms with E-state index in [1.165, 1.54) is 18.2 Å². The molecule has 0 aliphatic heterocycles. The molecule has 0 fully saturated rings. The summed E-state index contributed by atoms with van der Waals surface area (Å²) in [5.41, 5.74) is -0.147. The fourth-order valence-corrected chi connectivity index (χ4v) is 0.800. The van der Waals surface area contributed by atoms with Gasteiger partial charge in [-0.15, -0.1) is 0 Å². The van der Waals surface area contributed by atoms with Gasteiger partial charge < -0.3 is 9.84 Å². The summed E-state index contributed by atoms with van der Waals surface area (Å²) in [5.74, 6) is 0.0741. The van der Waals surface area contributed by atoms with Crippen molar-refractivity contribution in [3.63, 3.8) is 0 Å². The Balaban J connectivity index is 3.00. The second kappa shape index (κ2) is 3.68. The van der Waals surface area contributed by atoms with Crippen LogP contribution >= 0.6 is 0 Å². The Morgan fingerprint density at radius 1 is 1.50 bits per heavy atom. The molecule has 0 atom stereocenters. The highest BCUT2D eigenvalue weighted by Crippen LogP contribution is 2.25. The lowest BCUT2D eigenvalue weighted by Gasteiger charge is -2.01. The van der Waals surface area contributed by atoms with Crippen LogP contribution in [0, 0.1) is 10.1 Å². The highest BCUT2D eigenvalue weighted by atomic mass is 16.6. The third kappa shape index (κ3) is 1.70. The standard InChI is InChI=1S/C7H7NO4/c9-5-12-7-4-2-1-3-6(7)8(10)11/h1-4,9H,5H2. The number of aliphatic hydroxyl groups excluding tert-OH is 1. The summed E-state index contributed by atoms with van der Waals surface area (Å²) >= 11 is 0. The van der Waals surface area contributed by atoms with Crippen LogP contribution in [0.5, 0.6) is 5.75 Å². The summed E-state index contributed by atoms with van der Waals surface area (Å²) in [5, 5.41) is 18.7. The molecule has 0 aliphatic carbocycles. The van der Waals surface area contributed by atoms with E-state index in [2.05, 4.69) is 4.74 Å². The van der Waals surface area contributed by atoms with Crippen LogP contribution in [-0.2, 0) is 0 Å². The van der Waals surface area contributed by atoms with Crippen molar-refractivity contribution in [3.8, 4) is 5.75 Å². The number of nitro benzene ring substituents is 1. The molecule has 0 aromatic heterocycles. The molecule has 1 N–H and O–H groups in total. The number of benzene rings is 1. The first-order valence-corrected chi connectivity index (χ1v) is 3.23. The number of rotatable bonds is 3. The van der Waals surface area contributed by atoms with E-state index in [9.17, 15) is 10.1 Å². The van der Waals surface area contributed by atoms with E-state index in [1.807, 2.05) is 0 Å². The molecule has 0 heterocycles. The molecule has 0 spiro atoms. The number of para-hydroxylation sites is 2. The molecule has 0 saturated heterocycles. The van der Waals surface area contributed by atoms with Crippen molar-refractivity contribution >= 4 is 5.69 Å². The lowest BCUT2D eigenvalue weighted by molar-refractivity contribution is -0.386. The first-order valence-electron chi connectivity index (χ1n) is 3.23. The highest BCUT2D eigenvalue weighted by molar-refractivity contribution is 5.45. The van der Waals surface area contributed by atoms with Gasteiger partial charge in [0.25, 0.3) is 0 Å². The molecule has 64 valence electrons. The van der Waals surface area contributed by atoms with Gasteiger partial charge in [0.2, 0.25) is 0 Å². The molecule has 0 unspecified atom stereocenters. The highest BCUT2D eigenvalue weighted by Gasteiger charge is 2.12. The maximum Gasteiger partial charge on any atom is 0.311 e. The molecule has 5 heteroatoms. The van der Waals surface area contributed by atoms with Crippen molar-refractivity contribution < 1.29 is 14.8 Å². The van der Waals surface area contributed by atoms with E-state index >= 15 is 0 Å². The number of nitrogens with zero attached hydrogens (tertiary/aromatic N) is 1. The number of nitro groups is 1. The SMILES string of the molecule is O=[N+]([O-])c1ccccc1OCO. The Hall–Kier alpha value is -1.62. The van der Waals surface area contributed by atoms with Gasteiger partial charge >= 0.3 is 5.69 Å². The van der Waals surface area contributed by atoms with Gasteiger partial charge in [0.05, 0.1) is 4.92 Å². The van der Waals surface area contributed by atoms with Gasteiger partial charge in [-0.05, 0) is 6.07 Å². The van der Waals surface area contributed by atoms with Gasteiger partial charge in [0.15, 0.2) is 12.5 Å². The Kier molecular flexibility index (Phi) is 2.60. The first-order chi connectivity index (χ1) is 5.75. The molecule has 1 rings (SSSR count). The summed E-state index contributed by atoms with van der Waals surface area (Å²) in [7, 11) is 0. The van der Waals surface area contributed by atoms with Crippen LogP contribution in [0.15, 0.2) is 24.3 Å².